The Kier molecular flexibility index (Phi) is 5.72. The summed E-state index contributed by atoms with van der Waals surface area (Å²) >= 11 is 1.44. The average molecular weight is 418 g/mol. The van der Waals surface area contributed by atoms with Crippen LogP contribution in [0.2, 0.25) is 0 Å². The van der Waals surface area contributed by atoms with Gasteiger partial charge in [0.25, 0.3) is 0 Å². The first kappa shape index (κ1) is 19.7. The van der Waals surface area contributed by atoms with Crippen molar-refractivity contribution >= 4 is 34.1 Å². The van der Waals surface area contributed by atoms with Crippen molar-refractivity contribution < 1.29 is 14.0 Å². The van der Waals surface area contributed by atoms with E-state index in [0.717, 1.165) is 17.8 Å². The van der Waals surface area contributed by atoms with Gasteiger partial charge in [-0.3, -0.25) is 15.0 Å². The van der Waals surface area contributed by atoms with Gasteiger partial charge in [0.1, 0.15) is 10.8 Å². The van der Waals surface area contributed by atoms with Crippen molar-refractivity contribution in [2.75, 3.05) is 36.8 Å². The summed E-state index contributed by atoms with van der Waals surface area (Å²) < 4.78 is 13.3. The molecule has 1 aliphatic heterocycles. The first-order chi connectivity index (χ1) is 14.0. The van der Waals surface area contributed by atoms with Crippen LogP contribution in [0, 0.1) is 5.82 Å². The molecule has 1 saturated carbocycles. The van der Waals surface area contributed by atoms with E-state index < -0.39 is 5.82 Å². The molecule has 1 aromatic heterocycles. The lowest BCUT2D eigenvalue weighted by molar-refractivity contribution is -0.121. The second-order valence-corrected chi connectivity index (χ2v) is 8.36. The van der Waals surface area contributed by atoms with Gasteiger partial charge in [0.05, 0.1) is 6.04 Å². The highest BCUT2D eigenvalue weighted by atomic mass is 32.1. The molecule has 1 atom stereocenters. The van der Waals surface area contributed by atoms with Crippen molar-refractivity contribution in [2.24, 2.45) is 0 Å². The van der Waals surface area contributed by atoms with Crippen LogP contribution in [-0.2, 0) is 4.79 Å². The maximum absolute atomic E-state index is 13.3. The molecule has 29 heavy (non-hydrogen) atoms. The Morgan fingerprint density at radius 2 is 1.93 bits per heavy atom. The minimum atomic E-state index is -0.394. The van der Waals surface area contributed by atoms with E-state index in [1.807, 2.05) is 11.8 Å². The van der Waals surface area contributed by atoms with E-state index in [1.54, 1.807) is 17.0 Å². The molecule has 154 valence electrons. The number of benzene rings is 1. The molecule has 0 radical (unpaired) electrons. The fourth-order valence-electron chi connectivity index (χ4n) is 3.24. The summed E-state index contributed by atoms with van der Waals surface area (Å²) in [7, 11) is 0. The minimum absolute atomic E-state index is 0.194. The number of nitrogens with one attached hydrogen (secondary N) is 2. The van der Waals surface area contributed by atoms with Crippen molar-refractivity contribution in [1.82, 2.24) is 20.0 Å². The maximum Gasteiger partial charge on any atom is 0.323 e. The summed E-state index contributed by atoms with van der Waals surface area (Å²) in [5.41, 5.74) is 0.433. The highest BCUT2D eigenvalue weighted by Crippen LogP contribution is 2.42. The number of amides is 3. The lowest BCUT2D eigenvalue weighted by Crippen LogP contribution is -2.54. The van der Waals surface area contributed by atoms with Gasteiger partial charge in [-0.2, -0.15) is 0 Å². The number of halogens is 1. The number of urea groups is 1. The van der Waals surface area contributed by atoms with Crippen LogP contribution >= 0.6 is 11.3 Å². The second-order valence-electron chi connectivity index (χ2n) is 7.35. The van der Waals surface area contributed by atoms with Crippen LogP contribution in [0.25, 0.3) is 0 Å². The average Bonchev–Trinajstić information content (AvgIpc) is 3.47. The Hall–Kier alpha value is -2.59. The Morgan fingerprint density at radius 3 is 2.62 bits per heavy atom. The molecule has 2 heterocycles. The van der Waals surface area contributed by atoms with Gasteiger partial charge in [-0.25, -0.2) is 9.18 Å². The van der Waals surface area contributed by atoms with E-state index in [1.165, 1.54) is 23.5 Å². The molecule has 1 aliphatic carbocycles. The number of anilines is 2. The molecule has 3 amide bonds. The largest absolute Gasteiger partial charge is 0.325 e. The van der Waals surface area contributed by atoms with Crippen LogP contribution in [0.5, 0.6) is 0 Å². The minimum Gasteiger partial charge on any atom is -0.325 e. The second kappa shape index (κ2) is 8.42. The first-order valence-corrected chi connectivity index (χ1v) is 10.5. The van der Waals surface area contributed by atoms with Crippen molar-refractivity contribution in [1.29, 1.82) is 0 Å². The van der Waals surface area contributed by atoms with E-state index in [0.29, 0.717) is 42.9 Å². The Labute approximate surface area is 172 Å². The highest BCUT2D eigenvalue weighted by molar-refractivity contribution is 7.15. The molecule has 8 nitrogen and oxygen atoms in total. The van der Waals surface area contributed by atoms with Crippen LogP contribution in [0.1, 0.15) is 30.7 Å². The van der Waals surface area contributed by atoms with Gasteiger partial charge in [-0.15, -0.1) is 10.2 Å². The summed E-state index contributed by atoms with van der Waals surface area (Å²) in [6.07, 6.45) is 2.30. The van der Waals surface area contributed by atoms with Crippen LogP contribution in [0.15, 0.2) is 24.3 Å². The van der Waals surface area contributed by atoms with Gasteiger partial charge in [0.2, 0.25) is 11.0 Å². The molecule has 0 spiro atoms. The smallest absolute Gasteiger partial charge is 0.323 e. The molecular formula is C19H23FN6O2S. The Balaban J connectivity index is 1.25. The third kappa shape index (κ3) is 4.88. The van der Waals surface area contributed by atoms with Gasteiger partial charge in [0.15, 0.2) is 0 Å². The number of nitrogens with zero attached hydrogens (tertiary/aromatic N) is 4. The van der Waals surface area contributed by atoms with E-state index in [9.17, 15) is 14.0 Å². The van der Waals surface area contributed by atoms with Crippen LogP contribution in [0.3, 0.4) is 0 Å². The van der Waals surface area contributed by atoms with Crippen LogP contribution < -0.4 is 10.6 Å². The molecule has 2 aromatic rings. The zero-order chi connectivity index (χ0) is 20.4. The number of hydrogen-bond acceptors (Lipinski definition) is 6. The van der Waals surface area contributed by atoms with Crippen molar-refractivity contribution in [3.63, 3.8) is 0 Å². The molecular weight excluding hydrogens is 395 g/mol. The number of rotatable bonds is 5. The van der Waals surface area contributed by atoms with Crippen LogP contribution in [-0.4, -0.2) is 64.2 Å². The van der Waals surface area contributed by atoms with E-state index in [2.05, 4.69) is 20.8 Å². The summed E-state index contributed by atoms with van der Waals surface area (Å²) in [5, 5.41) is 15.2. The lowest BCUT2D eigenvalue weighted by atomic mass is 10.2. The molecule has 2 N–H and O–H groups in total. The molecule has 2 aliphatic rings. The Bertz CT molecular complexity index is 894. The molecule has 2 fully saturated rings. The third-order valence-corrected chi connectivity index (χ3v) is 6.20. The lowest BCUT2D eigenvalue weighted by Gasteiger charge is -2.37. The monoisotopic (exact) mass is 418 g/mol. The first-order valence-electron chi connectivity index (χ1n) is 9.69. The fraction of sp³-hybridized carbons (Fsp3) is 0.474. The number of hydrogen-bond donors (Lipinski definition) is 2. The van der Waals surface area contributed by atoms with E-state index >= 15 is 0 Å². The van der Waals surface area contributed by atoms with Crippen molar-refractivity contribution in [3.8, 4) is 0 Å². The molecule has 4 rings (SSSR count). The van der Waals surface area contributed by atoms with Gasteiger partial charge in [-0.1, -0.05) is 17.4 Å². The topological polar surface area (TPSA) is 90.5 Å². The number of carbonyl (C=O) groups excluding carboxylic acids is 2. The van der Waals surface area contributed by atoms with Gasteiger partial charge in [0, 0.05) is 37.8 Å². The summed E-state index contributed by atoms with van der Waals surface area (Å²) in [6.45, 7) is 3.99. The quantitative estimate of drug-likeness (QED) is 0.779. The summed E-state index contributed by atoms with van der Waals surface area (Å²) in [5.74, 6) is -0.0774. The number of aromatic nitrogens is 2. The fourth-order valence-corrected chi connectivity index (χ4v) is 4.14. The molecule has 1 saturated heterocycles. The maximum atomic E-state index is 13.3. The molecule has 1 aromatic carbocycles. The van der Waals surface area contributed by atoms with Gasteiger partial charge < -0.3 is 10.2 Å². The van der Waals surface area contributed by atoms with Gasteiger partial charge >= 0.3 is 6.03 Å². The number of piperazine rings is 1. The zero-order valence-electron chi connectivity index (χ0n) is 16.1. The standard InChI is InChI=1S/C19H23FN6O2S/c1-12(16(27)21-15-4-2-3-14(20)11-15)25-7-9-26(10-8-25)19(28)22-18-24-23-17(29-18)13-5-6-13/h2-4,11-13H,5-10H2,1H3,(H,21,27)(H,22,24,28)/t12-/m1/s1. The highest BCUT2D eigenvalue weighted by Gasteiger charge is 2.30. The SMILES string of the molecule is C[C@H](C(=O)Nc1cccc(F)c1)N1CCN(C(=O)Nc2nnc(C3CC3)s2)CC1. The predicted octanol–water partition coefficient (Wildman–Crippen LogP) is 2.73. The van der Waals surface area contributed by atoms with Crippen molar-refractivity contribution in [2.45, 2.75) is 31.7 Å². The van der Waals surface area contributed by atoms with Crippen molar-refractivity contribution in [3.05, 3.63) is 35.1 Å². The summed E-state index contributed by atoms with van der Waals surface area (Å²) in [6, 6.07) is 5.25. The zero-order valence-corrected chi connectivity index (χ0v) is 16.9. The summed E-state index contributed by atoms with van der Waals surface area (Å²) in [4.78, 5) is 28.6. The third-order valence-electron chi connectivity index (χ3n) is 5.20. The van der Waals surface area contributed by atoms with Crippen LogP contribution in [0.4, 0.5) is 20.0 Å². The van der Waals surface area contributed by atoms with E-state index in [4.69, 9.17) is 0 Å². The Morgan fingerprint density at radius 1 is 1.17 bits per heavy atom. The number of carbonyl (C=O) groups is 2. The molecule has 10 heteroatoms. The predicted molar refractivity (Wildman–Crippen MR) is 109 cm³/mol. The van der Waals surface area contributed by atoms with Gasteiger partial charge in [-0.05, 0) is 38.0 Å². The normalized spacial score (nSPS) is 18.3. The molecule has 0 unspecified atom stereocenters. The molecule has 0 bridgehead atoms. The van der Waals surface area contributed by atoms with E-state index in [-0.39, 0.29) is 18.0 Å².